The van der Waals surface area contributed by atoms with Crippen LogP contribution >= 0.6 is 22.7 Å². The molecule has 0 unspecified atom stereocenters. The zero-order valence-electron chi connectivity index (χ0n) is 5.81. The van der Waals surface area contributed by atoms with Gasteiger partial charge >= 0.3 is 0 Å². The molecule has 5 heteroatoms. The number of fused-ring (bicyclic) bond motifs is 1. The third kappa shape index (κ3) is 0.981. The molecule has 0 amide bonds. The largest absolute Gasteiger partial charge is 0.297 e. The van der Waals surface area contributed by atoms with Gasteiger partial charge in [-0.1, -0.05) is 0 Å². The van der Waals surface area contributed by atoms with Gasteiger partial charge < -0.3 is 0 Å². The first-order valence-corrected chi connectivity index (χ1v) is 4.83. The Bertz CT molecular complexity index is 443. The summed E-state index contributed by atoms with van der Waals surface area (Å²) in [5.74, 6) is 0. The van der Waals surface area contributed by atoms with Crippen LogP contribution in [0.5, 0.6) is 0 Å². The van der Waals surface area contributed by atoms with Crippen molar-refractivity contribution in [1.82, 2.24) is 4.98 Å². The van der Waals surface area contributed by atoms with Crippen molar-refractivity contribution in [3.05, 3.63) is 15.3 Å². The third-order valence-electron chi connectivity index (χ3n) is 1.40. The summed E-state index contributed by atoms with van der Waals surface area (Å²) in [4.78, 5) is 25.4. The summed E-state index contributed by atoms with van der Waals surface area (Å²) >= 11 is 2.66. The summed E-state index contributed by atoms with van der Waals surface area (Å²) in [6.45, 7) is 0. The lowest BCUT2D eigenvalue weighted by molar-refractivity contribution is 0.111. The highest BCUT2D eigenvalue weighted by Crippen LogP contribution is 2.28. The molecule has 12 heavy (non-hydrogen) atoms. The summed E-state index contributed by atoms with van der Waals surface area (Å²) in [6.07, 6.45) is 1.46. The van der Waals surface area contributed by atoms with E-state index in [-0.39, 0.29) is 0 Å². The lowest BCUT2D eigenvalue weighted by atomic mass is 10.4. The fourth-order valence-electron chi connectivity index (χ4n) is 0.912. The predicted molar refractivity (Wildman–Crippen MR) is 48.3 cm³/mol. The highest BCUT2D eigenvalue weighted by Gasteiger charge is 2.08. The van der Waals surface area contributed by atoms with Crippen LogP contribution in [-0.2, 0) is 0 Å². The molecule has 0 atom stereocenters. The van der Waals surface area contributed by atoms with E-state index in [1.807, 2.05) is 5.38 Å². The van der Waals surface area contributed by atoms with Crippen LogP contribution in [0.4, 0.5) is 0 Å². The van der Waals surface area contributed by atoms with E-state index in [1.54, 1.807) is 0 Å². The molecule has 0 fully saturated rings. The molecule has 2 aromatic rings. The van der Waals surface area contributed by atoms with Crippen molar-refractivity contribution in [2.45, 2.75) is 0 Å². The van der Waals surface area contributed by atoms with Crippen LogP contribution in [0.1, 0.15) is 19.5 Å². The molecule has 3 nitrogen and oxygen atoms in total. The monoisotopic (exact) mass is 197 g/mol. The van der Waals surface area contributed by atoms with Gasteiger partial charge in [0.25, 0.3) is 0 Å². The Kier molecular flexibility index (Phi) is 1.74. The van der Waals surface area contributed by atoms with Crippen LogP contribution < -0.4 is 0 Å². The SMILES string of the molecule is O=Cc1nc2c(C=O)scc2s1. The third-order valence-corrected chi connectivity index (χ3v) is 3.38. The zero-order valence-corrected chi connectivity index (χ0v) is 7.45. The summed E-state index contributed by atoms with van der Waals surface area (Å²) in [5.41, 5.74) is 0.655. The molecule has 0 radical (unpaired) electrons. The number of carbonyl (C=O) groups is 2. The summed E-state index contributed by atoms with van der Waals surface area (Å²) < 4.78 is 0.907. The van der Waals surface area contributed by atoms with E-state index in [9.17, 15) is 9.59 Å². The molecule has 0 N–H and O–H groups in total. The molecule has 2 heterocycles. The predicted octanol–water partition coefficient (Wildman–Crippen LogP) is 1.98. The number of nitrogens with zero attached hydrogens (tertiary/aromatic N) is 1. The van der Waals surface area contributed by atoms with Crippen LogP contribution in [0.2, 0.25) is 0 Å². The number of hydrogen-bond donors (Lipinski definition) is 0. The average molecular weight is 197 g/mol. The van der Waals surface area contributed by atoms with Crippen LogP contribution in [-0.4, -0.2) is 17.6 Å². The van der Waals surface area contributed by atoms with Crippen molar-refractivity contribution >= 4 is 45.5 Å². The molecule has 0 bridgehead atoms. The second-order valence-corrected chi connectivity index (χ2v) is 4.07. The fourth-order valence-corrected chi connectivity index (χ4v) is 2.64. The van der Waals surface area contributed by atoms with E-state index < -0.39 is 0 Å². The Balaban J connectivity index is 2.75. The summed E-state index contributed by atoms with van der Waals surface area (Å²) in [5, 5.41) is 2.26. The highest BCUT2D eigenvalue weighted by molar-refractivity contribution is 7.24. The minimum absolute atomic E-state index is 0.427. The first-order chi connectivity index (χ1) is 5.85. The molecular formula is C7H3NO2S2. The van der Waals surface area contributed by atoms with Crippen molar-refractivity contribution in [1.29, 1.82) is 0 Å². The van der Waals surface area contributed by atoms with E-state index >= 15 is 0 Å². The lowest BCUT2D eigenvalue weighted by Gasteiger charge is -1.76. The van der Waals surface area contributed by atoms with Crippen LogP contribution in [0.15, 0.2) is 5.38 Å². The number of rotatable bonds is 2. The zero-order chi connectivity index (χ0) is 8.55. The molecule has 0 saturated carbocycles. The average Bonchev–Trinajstić information content (AvgIpc) is 2.61. The van der Waals surface area contributed by atoms with Crippen molar-refractivity contribution in [3.8, 4) is 0 Å². The molecule has 0 saturated heterocycles. The van der Waals surface area contributed by atoms with Crippen molar-refractivity contribution in [2.75, 3.05) is 0 Å². The normalized spacial score (nSPS) is 10.3. The first kappa shape index (κ1) is 7.57. The molecule has 60 valence electrons. The van der Waals surface area contributed by atoms with Crippen molar-refractivity contribution < 1.29 is 9.59 Å². The number of thiophene rings is 1. The van der Waals surface area contributed by atoms with E-state index in [1.165, 1.54) is 22.7 Å². The number of aldehydes is 2. The van der Waals surface area contributed by atoms with E-state index in [2.05, 4.69) is 4.98 Å². The topological polar surface area (TPSA) is 47.0 Å². The van der Waals surface area contributed by atoms with Crippen LogP contribution in [0.25, 0.3) is 10.2 Å². The van der Waals surface area contributed by atoms with Crippen LogP contribution in [0, 0.1) is 0 Å². The Morgan fingerprint density at radius 3 is 2.83 bits per heavy atom. The van der Waals surface area contributed by atoms with Gasteiger partial charge in [0.15, 0.2) is 17.6 Å². The van der Waals surface area contributed by atoms with Gasteiger partial charge in [-0.3, -0.25) is 9.59 Å². The second kappa shape index (κ2) is 2.76. The van der Waals surface area contributed by atoms with Crippen molar-refractivity contribution in [3.63, 3.8) is 0 Å². The van der Waals surface area contributed by atoms with Gasteiger partial charge in [-0.05, 0) is 0 Å². The maximum atomic E-state index is 10.5. The van der Waals surface area contributed by atoms with E-state index in [0.29, 0.717) is 21.7 Å². The molecular weight excluding hydrogens is 194 g/mol. The van der Waals surface area contributed by atoms with Gasteiger partial charge in [0.1, 0.15) is 5.52 Å². The van der Waals surface area contributed by atoms with Crippen molar-refractivity contribution in [2.24, 2.45) is 0 Å². The minimum Gasteiger partial charge on any atom is -0.297 e. The number of aromatic nitrogens is 1. The first-order valence-electron chi connectivity index (χ1n) is 3.13. The smallest absolute Gasteiger partial charge is 0.178 e. The number of hydrogen-bond acceptors (Lipinski definition) is 5. The minimum atomic E-state index is 0.427. The Labute approximate surface area is 75.7 Å². The quantitative estimate of drug-likeness (QED) is 0.691. The van der Waals surface area contributed by atoms with E-state index in [4.69, 9.17) is 0 Å². The van der Waals surface area contributed by atoms with E-state index in [0.717, 1.165) is 11.0 Å². The second-order valence-electron chi connectivity index (χ2n) is 2.10. The molecule has 2 aromatic heterocycles. The summed E-state index contributed by atoms with van der Waals surface area (Å²) in [6, 6.07) is 0. The number of thiazole rings is 1. The maximum absolute atomic E-state index is 10.5. The molecule has 0 aromatic carbocycles. The molecule has 0 aliphatic rings. The van der Waals surface area contributed by atoms with Gasteiger partial charge in [-0.15, -0.1) is 22.7 Å². The Morgan fingerprint density at radius 2 is 2.17 bits per heavy atom. The maximum Gasteiger partial charge on any atom is 0.178 e. The fraction of sp³-hybridized carbons (Fsp3) is 0. The molecule has 0 aliphatic heterocycles. The molecule has 0 aliphatic carbocycles. The molecule has 0 spiro atoms. The van der Waals surface area contributed by atoms with Gasteiger partial charge in [0.05, 0.1) is 9.58 Å². The standard InChI is InChI=1S/C7H3NO2S2/c9-1-4-7-5(3-11-4)12-6(2-10)8-7/h1-3H. The Hall–Kier alpha value is -1.07. The lowest BCUT2D eigenvalue weighted by Crippen LogP contribution is -1.76. The molecule has 2 rings (SSSR count). The number of carbonyl (C=O) groups excluding carboxylic acids is 2. The van der Waals surface area contributed by atoms with Crippen LogP contribution in [0.3, 0.4) is 0 Å². The highest BCUT2D eigenvalue weighted by atomic mass is 32.1. The van der Waals surface area contributed by atoms with Gasteiger partial charge in [0, 0.05) is 5.38 Å². The van der Waals surface area contributed by atoms with Gasteiger partial charge in [-0.25, -0.2) is 4.98 Å². The van der Waals surface area contributed by atoms with Gasteiger partial charge in [0.2, 0.25) is 0 Å². The Morgan fingerprint density at radius 1 is 1.33 bits per heavy atom. The summed E-state index contributed by atoms with van der Waals surface area (Å²) in [7, 11) is 0. The van der Waals surface area contributed by atoms with Gasteiger partial charge in [-0.2, -0.15) is 0 Å².